The molecule has 0 aliphatic carbocycles. The lowest BCUT2D eigenvalue weighted by molar-refractivity contribution is -0.138. The molecule has 1 aliphatic heterocycles. The van der Waals surface area contributed by atoms with Gasteiger partial charge in [-0.2, -0.15) is 13.2 Å². The van der Waals surface area contributed by atoms with Gasteiger partial charge in [-0.1, -0.05) is 20.8 Å². The Labute approximate surface area is 124 Å². The van der Waals surface area contributed by atoms with Crippen LogP contribution in [0.25, 0.3) is 0 Å². The molecule has 1 saturated heterocycles. The Morgan fingerprint density at radius 3 is 2.38 bits per heavy atom. The molecule has 1 aromatic carbocycles. The van der Waals surface area contributed by atoms with Gasteiger partial charge in [0.25, 0.3) is 0 Å². The minimum atomic E-state index is -4.34. The Morgan fingerprint density at radius 1 is 1.24 bits per heavy atom. The van der Waals surface area contributed by atoms with Crippen molar-refractivity contribution in [3.05, 3.63) is 29.3 Å². The van der Waals surface area contributed by atoms with Crippen molar-refractivity contribution < 1.29 is 13.2 Å². The third kappa shape index (κ3) is 3.51. The van der Waals surface area contributed by atoms with Crippen molar-refractivity contribution in [3.63, 3.8) is 0 Å². The number of nitrogens with zero attached hydrogens (tertiary/aromatic N) is 1. The second-order valence-electron chi connectivity index (χ2n) is 6.84. The SMILES string of the molecule is CC(C)(C)C1CCN(c2ccc(C(F)(F)F)c(CN)c2)C1. The average Bonchev–Trinajstić information content (AvgIpc) is 2.86. The van der Waals surface area contributed by atoms with E-state index in [1.54, 1.807) is 12.1 Å². The quantitative estimate of drug-likeness (QED) is 0.893. The molecule has 0 amide bonds. The topological polar surface area (TPSA) is 29.3 Å². The van der Waals surface area contributed by atoms with E-state index in [0.29, 0.717) is 5.92 Å². The fourth-order valence-corrected chi connectivity index (χ4v) is 2.92. The van der Waals surface area contributed by atoms with Gasteiger partial charge in [-0.3, -0.25) is 0 Å². The summed E-state index contributed by atoms with van der Waals surface area (Å²) < 4.78 is 38.7. The largest absolute Gasteiger partial charge is 0.416 e. The first-order valence-corrected chi connectivity index (χ1v) is 7.28. The summed E-state index contributed by atoms with van der Waals surface area (Å²) in [5, 5.41) is 0. The second-order valence-corrected chi connectivity index (χ2v) is 6.84. The number of anilines is 1. The van der Waals surface area contributed by atoms with Crippen molar-refractivity contribution in [2.75, 3.05) is 18.0 Å². The van der Waals surface area contributed by atoms with Gasteiger partial charge in [0.05, 0.1) is 5.56 Å². The molecule has 1 atom stereocenters. The third-order valence-electron chi connectivity index (χ3n) is 4.39. The zero-order valence-electron chi connectivity index (χ0n) is 12.8. The monoisotopic (exact) mass is 300 g/mol. The van der Waals surface area contributed by atoms with E-state index in [2.05, 4.69) is 25.7 Å². The molecule has 0 radical (unpaired) electrons. The molecule has 21 heavy (non-hydrogen) atoms. The molecule has 1 unspecified atom stereocenters. The first-order valence-electron chi connectivity index (χ1n) is 7.28. The van der Waals surface area contributed by atoms with Gasteiger partial charge in [-0.05, 0) is 41.5 Å². The van der Waals surface area contributed by atoms with Gasteiger partial charge in [0.15, 0.2) is 0 Å². The van der Waals surface area contributed by atoms with Gasteiger partial charge in [0.2, 0.25) is 0 Å². The highest BCUT2D eigenvalue weighted by Gasteiger charge is 2.35. The van der Waals surface area contributed by atoms with Gasteiger partial charge in [-0.15, -0.1) is 0 Å². The molecule has 2 nitrogen and oxygen atoms in total. The number of alkyl halides is 3. The Bertz CT molecular complexity index is 503. The van der Waals surface area contributed by atoms with Crippen LogP contribution in [0.1, 0.15) is 38.3 Å². The third-order valence-corrected chi connectivity index (χ3v) is 4.39. The van der Waals surface area contributed by atoms with Gasteiger partial charge in [0.1, 0.15) is 0 Å². The molecule has 0 bridgehead atoms. The predicted molar refractivity (Wildman–Crippen MR) is 79.1 cm³/mol. The molecule has 5 heteroatoms. The van der Waals surface area contributed by atoms with E-state index in [0.717, 1.165) is 31.3 Å². The summed E-state index contributed by atoms with van der Waals surface area (Å²) in [5.41, 5.74) is 6.10. The van der Waals surface area contributed by atoms with Gasteiger partial charge < -0.3 is 10.6 Å². The van der Waals surface area contributed by atoms with E-state index in [-0.39, 0.29) is 17.5 Å². The normalized spacial score (nSPS) is 20.1. The molecule has 2 rings (SSSR count). The van der Waals surface area contributed by atoms with Crippen molar-refractivity contribution in [2.24, 2.45) is 17.1 Å². The lowest BCUT2D eigenvalue weighted by Gasteiger charge is -2.28. The molecule has 1 fully saturated rings. The fraction of sp³-hybridized carbons (Fsp3) is 0.625. The number of nitrogens with two attached hydrogens (primary N) is 1. The highest BCUT2D eigenvalue weighted by Crippen LogP contribution is 2.38. The van der Waals surface area contributed by atoms with Crippen LogP contribution in [0, 0.1) is 11.3 Å². The minimum absolute atomic E-state index is 0.0980. The first kappa shape index (κ1) is 16.1. The summed E-state index contributed by atoms with van der Waals surface area (Å²) in [4.78, 5) is 2.16. The van der Waals surface area contributed by atoms with E-state index in [1.807, 2.05) is 0 Å². The van der Waals surface area contributed by atoms with E-state index >= 15 is 0 Å². The van der Waals surface area contributed by atoms with Crippen molar-refractivity contribution in [1.29, 1.82) is 0 Å². The molecular weight excluding hydrogens is 277 g/mol. The maximum atomic E-state index is 12.9. The summed E-state index contributed by atoms with van der Waals surface area (Å²) in [5.74, 6) is 0.557. The van der Waals surface area contributed by atoms with Crippen LogP contribution in [-0.4, -0.2) is 13.1 Å². The van der Waals surface area contributed by atoms with E-state index in [9.17, 15) is 13.2 Å². The highest BCUT2D eigenvalue weighted by molar-refractivity contribution is 5.52. The van der Waals surface area contributed by atoms with Crippen LogP contribution >= 0.6 is 0 Å². The molecule has 0 saturated carbocycles. The van der Waals surface area contributed by atoms with Crippen LogP contribution in [0.15, 0.2) is 18.2 Å². The van der Waals surface area contributed by atoms with Gasteiger partial charge in [0, 0.05) is 25.3 Å². The average molecular weight is 300 g/mol. The van der Waals surface area contributed by atoms with Crippen molar-refractivity contribution in [3.8, 4) is 0 Å². The Kier molecular flexibility index (Phi) is 4.24. The molecule has 0 aromatic heterocycles. The van der Waals surface area contributed by atoms with Crippen molar-refractivity contribution in [2.45, 2.75) is 39.9 Å². The minimum Gasteiger partial charge on any atom is -0.371 e. The standard InChI is InChI=1S/C16H23F3N2/c1-15(2,3)12-6-7-21(10-12)13-4-5-14(16(17,18)19)11(8-13)9-20/h4-5,8,12H,6-7,9-10,20H2,1-3H3. The van der Waals surface area contributed by atoms with Crippen LogP contribution < -0.4 is 10.6 Å². The van der Waals surface area contributed by atoms with Crippen LogP contribution in [0.4, 0.5) is 18.9 Å². The zero-order valence-corrected chi connectivity index (χ0v) is 12.8. The summed E-state index contributed by atoms with van der Waals surface area (Å²) >= 11 is 0. The lowest BCUT2D eigenvalue weighted by atomic mass is 9.80. The number of hydrogen-bond donors (Lipinski definition) is 1. The Morgan fingerprint density at radius 2 is 1.90 bits per heavy atom. The maximum absolute atomic E-state index is 12.9. The van der Waals surface area contributed by atoms with Crippen LogP contribution in [0.5, 0.6) is 0 Å². The molecule has 2 N–H and O–H groups in total. The van der Waals surface area contributed by atoms with Crippen LogP contribution in [0.2, 0.25) is 0 Å². The molecule has 1 aliphatic rings. The smallest absolute Gasteiger partial charge is 0.371 e. The molecule has 1 heterocycles. The summed E-state index contributed by atoms with van der Waals surface area (Å²) in [6, 6.07) is 4.31. The van der Waals surface area contributed by atoms with Crippen molar-refractivity contribution >= 4 is 5.69 Å². The number of hydrogen-bond acceptors (Lipinski definition) is 2. The van der Waals surface area contributed by atoms with Gasteiger partial charge in [-0.25, -0.2) is 0 Å². The number of benzene rings is 1. The number of rotatable bonds is 2. The highest BCUT2D eigenvalue weighted by atomic mass is 19.4. The zero-order chi connectivity index (χ0) is 15.8. The molecule has 118 valence electrons. The summed E-state index contributed by atoms with van der Waals surface area (Å²) in [6.07, 6.45) is -3.27. The lowest BCUT2D eigenvalue weighted by Crippen LogP contribution is -2.26. The van der Waals surface area contributed by atoms with Crippen molar-refractivity contribution in [1.82, 2.24) is 0 Å². The van der Waals surface area contributed by atoms with Crippen LogP contribution in [0.3, 0.4) is 0 Å². The first-order chi connectivity index (χ1) is 9.63. The van der Waals surface area contributed by atoms with E-state index in [1.165, 1.54) is 0 Å². The van der Waals surface area contributed by atoms with Gasteiger partial charge >= 0.3 is 6.18 Å². The number of halogens is 3. The maximum Gasteiger partial charge on any atom is 0.416 e. The molecule has 1 aromatic rings. The second kappa shape index (κ2) is 5.52. The molecule has 0 spiro atoms. The predicted octanol–water partition coefficient (Wildman–Crippen LogP) is 4.04. The Balaban J connectivity index is 2.23. The molecular formula is C16H23F3N2. The fourth-order valence-electron chi connectivity index (χ4n) is 2.92. The summed E-state index contributed by atoms with van der Waals surface area (Å²) in [6.45, 7) is 8.30. The summed E-state index contributed by atoms with van der Waals surface area (Å²) in [7, 11) is 0. The van der Waals surface area contributed by atoms with Crippen LogP contribution in [-0.2, 0) is 12.7 Å². The van der Waals surface area contributed by atoms with E-state index in [4.69, 9.17) is 5.73 Å². The van der Waals surface area contributed by atoms with E-state index < -0.39 is 11.7 Å². The Hall–Kier alpha value is -1.23.